The summed E-state index contributed by atoms with van der Waals surface area (Å²) in [6.45, 7) is 0. The monoisotopic (exact) mass is 191 g/mol. The van der Waals surface area contributed by atoms with E-state index in [1.807, 2.05) is 7.05 Å². The van der Waals surface area contributed by atoms with Gasteiger partial charge in [-0.3, -0.25) is 4.68 Å². The van der Waals surface area contributed by atoms with E-state index in [-0.39, 0.29) is 0 Å². The van der Waals surface area contributed by atoms with Crippen molar-refractivity contribution in [3.05, 3.63) is 24.2 Å². The van der Waals surface area contributed by atoms with Crippen molar-refractivity contribution < 1.29 is 9.53 Å². The van der Waals surface area contributed by atoms with Gasteiger partial charge >= 0.3 is 5.97 Å². The van der Waals surface area contributed by atoms with Gasteiger partial charge in [-0.05, 0) is 6.07 Å². The highest BCUT2D eigenvalue weighted by atomic mass is 16.5. The van der Waals surface area contributed by atoms with Gasteiger partial charge in [0.15, 0.2) is 5.69 Å². The summed E-state index contributed by atoms with van der Waals surface area (Å²) in [5, 5.41) is 4.75. The Morgan fingerprint density at radius 3 is 3.07 bits per heavy atom. The number of fused-ring (bicyclic) bond motifs is 1. The Hall–Kier alpha value is -1.91. The Labute approximate surface area is 80.3 Å². The summed E-state index contributed by atoms with van der Waals surface area (Å²) in [7, 11) is 3.14. The van der Waals surface area contributed by atoms with Gasteiger partial charge in [0.05, 0.1) is 24.2 Å². The first-order chi connectivity index (χ1) is 6.74. The van der Waals surface area contributed by atoms with E-state index in [1.54, 1.807) is 23.1 Å². The zero-order valence-corrected chi connectivity index (χ0v) is 7.89. The molecule has 72 valence electrons. The third-order valence-electron chi connectivity index (χ3n) is 2.05. The highest BCUT2D eigenvalue weighted by molar-refractivity contribution is 6.01. The van der Waals surface area contributed by atoms with Crippen molar-refractivity contribution >= 4 is 16.9 Å². The van der Waals surface area contributed by atoms with E-state index in [0.29, 0.717) is 11.1 Å². The fourth-order valence-corrected chi connectivity index (χ4v) is 1.34. The van der Waals surface area contributed by atoms with Gasteiger partial charge in [0.25, 0.3) is 0 Å². The molecule has 5 nitrogen and oxygen atoms in total. The number of carbonyl (C=O) groups is 1. The largest absolute Gasteiger partial charge is 0.464 e. The number of ether oxygens (including phenoxy) is 1. The molecule has 0 spiro atoms. The highest BCUT2D eigenvalue weighted by Crippen LogP contribution is 2.15. The lowest BCUT2D eigenvalue weighted by Crippen LogP contribution is -2.04. The van der Waals surface area contributed by atoms with Crippen molar-refractivity contribution in [2.75, 3.05) is 7.11 Å². The number of aryl methyl sites for hydroxylation is 1. The molecule has 0 aliphatic heterocycles. The minimum Gasteiger partial charge on any atom is -0.464 e. The fraction of sp³-hybridized carbons (Fsp3) is 0.222. The molecule has 2 rings (SSSR count). The molecule has 0 N–H and O–H groups in total. The SMILES string of the molecule is COC(=O)c1nccc2c1cnn2C. The number of aromatic nitrogens is 3. The van der Waals surface area contributed by atoms with E-state index >= 15 is 0 Å². The fourth-order valence-electron chi connectivity index (χ4n) is 1.34. The number of methoxy groups -OCH3 is 1. The molecule has 2 aromatic rings. The van der Waals surface area contributed by atoms with Crippen molar-refractivity contribution in [1.82, 2.24) is 14.8 Å². The molecule has 0 aromatic carbocycles. The first-order valence-electron chi connectivity index (χ1n) is 4.09. The van der Waals surface area contributed by atoms with Crippen LogP contribution in [0.5, 0.6) is 0 Å². The van der Waals surface area contributed by atoms with Gasteiger partial charge in [0.2, 0.25) is 0 Å². The van der Waals surface area contributed by atoms with Crippen LogP contribution in [0.25, 0.3) is 10.9 Å². The van der Waals surface area contributed by atoms with Gasteiger partial charge in [0, 0.05) is 13.2 Å². The second-order valence-corrected chi connectivity index (χ2v) is 2.85. The third-order valence-corrected chi connectivity index (χ3v) is 2.05. The molecule has 0 fully saturated rings. The van der Waals surface area contributed by atoms with Crippen molar-refractivity contribution in [2.24, 2.45) is 7.05 Å². The van der Waals surface area contributed by atoms with Gasteiger partial charge in [-0.1, -0.05) is 0 Å². The van der Waals surface area contributed by atoms with Crippen LogP contribution in [0.4, 0.5) is 0 Å². The molecule has 0 unspecified atom stereocenters. The predicted molar refractivity (Wildman–Crippen MR) is 49.8 cm³/mol. The number of esters is 1. The van der Waals surface area contributed by atoms with E-state index in [0.717, 1.165) is 5.52 Å². The zero-order valence-electron chi connectivity index (χ0n) is 7.89. The third kappa shape index (κ3) is 1.14. The van der Waals surface area contributed by atoms with Crippen LogP contribution in [0, 0.1) is 0 Å². The second kappa shape index (κ2) is 3.10. The quantitative estimate of drug-likeness (QED) is 0.624. The summed E-state index contributed by atoms with van der Waals surface area (Å²) in [6, 6.07) is 1.80. The van der Waals surface area contributed by atoms with E-state index in [9.17, 15) is 4.79 Å². The first-order valence-corrected chi connectivity index (χ1v) is 4.09. The summed E-state index contributed by atoms with van der Waals surface area (Å²) in [6.07, 6.45) is 3.17. The number of carbonyl (C=O) groups excluding carboxylic acids is 1. The molecule has 0 saturated heterocycles. The molecule has 0 bridgehead atoms. The molecule has 14 heavy (non-hydrogen) atoms. The molecule has 0 aliphatic rings. The van der Waals surface area contributed by atoms with Gasteiger partial charge in [-0.25, -0.2) is 9.78 Å². The average molecular weight is 191 g/mol. The minimum absolute atomic E-state index is 0.304. The topological polar surface area (TPSA) is 57.0 Å². The Balaban J connectivity index is 2.71. The number of hydrogen-bond donors (Lipinski definition) is 0. The van der Waals surface area contributed by atoms with Crippen LogP contribution in [0.2, 0.25) is 0 Å². The maximum absolute atomic E-state index is 11.3. The van der Waals surface area contributed by atoms with E-state index in [2.05, 4.69) is 14.8 Å². The van der Waals surface area contributed by atoms with Crippen molar-refractivity contribution in [2.45, 2.75) is 0 Å². The summed E-state index contributed by atoms with van der Waals surface area (Å²) < 4.78 is 6.30. The summed E-state index contributed by atoms with van der Waals surface area (Å²) in [5.41, 5.74) is 1.17. The zero-order chi connectivity index (χ0) is 10.1. The van der Waals surface area contributed by atoms with Gasteiger partial charge in [-0.15, -0.1) is 0 Å². The summed E-state index contributed by atoms with van der Waals surface area (Å²) >= 11 is 0. The molecule has 0 atom stereocenters. The van der Waals surface area contributed by atoms with Crippen molar-refractivity contribution in [1.29, 1.82) is 0 Å². The minimum atomic E-state index is -0.441. The summed E-state index contributed by atoms with van der Waals surface area (Å²) in [5.74, 6) is -0.441. The Bertz CT molecular complexity index is 490. The van der Waals surface area contributed by atoms with Gasteiger partial charge in [-0.2, -0.15) is 5.10 Å². The maximum atomic E-state index is 11.3. The van der Waals surface area contributed by atoms with Crippen LogP contribution in [0.1, 0.15) is 10.5 Å². The Morgan fingerprint density at radius 1 is 1.57 bits per heavy atom. The molecule has 0 saturated carbocycles. The van der Waals surface area contributed by atoms with Crippen LogP contribution in [-0.2, 0) is 11.8 Å². The first kappa shape index (κ1) is 8.68. The molecule has 2 heterocycles. The van der Waals surface area contributed by atoms with Crippen molar-refractivity contribution in [3.63, 3.8) is 0 Å². The van der Waals surface area contributed by atoms with Gasteiger partial charge in [0.1, 0.15) is 0 Å². The molecule has 0 radical (unpaired) electrons. The Kier molecular flexibility index (Phi) is 1.92. The molecular formula is C9H9N3O2. The second-order valence-electron chi connectivity index (χ2n) is 2.85. The molecule has 0 amide bonds. The lowest BCUT2D eigenvalue weighted by Gasteiger charge is -1.99. The number of hydrogen-bond acceptors (Lipinski definition) is 4. The highest BCUT2D eigenvalue weighted by Gasteiger charge is 2.13. The molecule has 2 aromatic heterocycles. The predicted octanol–water partition coefficient (Wildman–Crippen LogP) is 0.755. The molecule has 0 aliphatic carbocycles. The van der Waals surface area contributed by atoms with E-state index in [1.165, 1.54) is 7.11 Å². The summed E-state index contributed by atoms with van der Waals surface area (Å²) in [4.78, 5) is 15.3. The van der Waals surface area contributed by atoms with Gasteiger partial charge < -0.3 is 4.74 Å². The number of rotatable bonds is 1. The average Bonchev–Trinajstić information content (AvgIpc) is 2.59. The maximum Gasteiger partial charge on any atom is 0.357 e. The van der Waals surface area contributed by atoms with E-state index in [4.69, 9.17) is 0 Å². The normalized spacial score (nSPS) is 10.4. The van der Waals surface area contributed by atoms with Crippen molar-refractivity contribution in [3.8, 4) is 0 Å². The lowest BCUT2D eigenvalue weighted by molar-refractivity contribution is 0.0596. The molecule has 5 heteroatoms. The lowest BCUT2D eigenvalue weighted by atomic mass is 10.2. The van der Waals surface area contributed by atoms with Crippen LogP contribution in [0.3, 0.4) is 0 Å². The Morgan fingerprint density at radius 2 is 2.36 bits per heavy atom. The van der Waals surface area contributed by atoms with Crippen LogP contribution in [0.15, 0.2) is 18.5 Å². The standard InChI is InChI=1S/C9H9N3O2/c1-12-7-3-4-10-8(9(13)14-2)6(7)5-11-12/h3-5H,1-2H3. The molecular weight excluding hydrogens is 182 g/mol. The number of pyridine rings is 1. The van der Waals surface area contributed by atoms with Crippen LogP contribution >= 0.6 is 0 Å². The van der Waals surface area contributed by atoms with Crippen LogP contribution in [-0.4, -0.2) is 27.8 Å². The van der Waals surface area contributed by atoms with E-state index < -0.39 is 5.97 Å². The smallest absolute Gasteiger partial charge is 0.357 e. The number of nitrogens with zero attached hydrogens (tertiary/aromatic N) is 3. The van der Waals surface area contributed by atoms with Crippen LogP contribution < -0.4 is 0 Å².